The Morgan fingerprint density at radius 2 is 2.33 bits per heavy atom. The van der Waals surface area contributed by atoms with E-state index in [1.807, 2.05) is 19.1 Å². The van der Waals surface area contributed by atoms with E-state index in [0.717, 1.165) is 34.3 Å². The van der Waals surface area contributed by atoms with Crippen molar-refractivity contribution in [3.05, 3.63) is 51.3 Å². The van der Waals surface area contributed by atoms with Crippen molar-refractivity contribution in [1.29, 1.82) is 0 Å². The first kappa shape index (κ1) is 14.3. The average molecular weight is 349 g/mol. The molecule has 0 radical (unpaired) electrons. The zero-order valence-electron chi connectivity index (χ0n) is 11.9. The highest BCUT2D eigenvalue weighted by molar-refractivity contribution is 9.10. The van der Waals surface area contributed by atoms with Gasteiger partial charge < -0.3 is 9.84 Å². The van der Waals surface area contributed by atoms with Gasteiger partial charge in [0.05, 0.1) is 11.6 Å². The monoisotopic (exact) mass is 348 g/mol. The van der Waals surface area contributed by atoms with Crippen LogP contribution in [0.25, 0.3) is 0 Å². The highest BCUT2D eigenvalue weighted by Crippen LogP contribution is 2.34. The minimum absolute atomic E-state index is 0.0236. The molecule has 0 bridgehead atoms. The van der Waals surface area contributed by atoms with Crippen LogP contribution in [0.3, 0.4) is 0 Å². The van der Waals surface area contributed by atoms with Gasteiger partial charge in [-0.3, -0.25) is 4.79 Å². The van der Waals surface area contributed by atoms with Crippen molar-refractivity contribution in [1.82, 2.24) is 10.5 Å². The van der Waals surface area contributed by atoms with Gasteiger partial charge in [-0.2, -0.15) is 0 Å². The number of nitrogens with one attached hydrogen (secondary N) is 1. The Balaban J connectivity index is 1.57. The Hall–Kier alpha value is -1.62. The van der Waals surface area contributed by atoms with Crippen LogP contribution in [0.1, 0.15) is 34.9 Å². The standard InChI is InChI=1S/C16H17BrN2O2/c1-10-8-13(21-19-10)6-7-18-16(20)15-4-2-11-9-12(17)3-5-14(11)15/h3,5,8-9,15H,2,4,6-7H2,1H3,(H,18,20). The molecule has 1 atom stereocenters. The summed E-state index contributed by atoms with van der Waals surface area (Å²) in [5, 5.41) is 6.84. The topological polar surface area (TPSA) is 55.1 Å². The third-order valence-corrected chi connectivity index (χ3v) is 4.34. The van der Waals surface area contributed by atoms with Gasteiger partial charge in [-0.15, -0.1) is 0 Å². The molecule has 5 heteroatoms. The molecule has 1 aromatic heterocycles. The largest absolute Gasteiger partial charge is 0.361 e. The minimum Gasteiger partial charge on any atom is -0.361 e. The molecule has 1 unspecified atom stereocenters. The van der Waals surface area contributed by atoms with E-state index >= 15 is 0 Å². The maximum Gasteiger partial charge on any atom is 0.227 e. The quantitative estimate of drug-likeness (QED) is 0.923. The lowest BCUT2D eigenvalue weighted by atomic mass is 10.0. The second-order valence-electron chi connectivity index (χ2n) is 5.41. The second-order valence-corrected chi connectivity index (χ2v) is 6.33. The van der Waals surface area contributed by atoms with E-state index < -0.39 is 0 Å². The van der Waals surface area contributed by atoms with Gasteiger partial charge in [0.25, 0.3) is 0 Å². The lowest BCUT2D eigenvalue weighted by Gasteiger charge is -2.12. The number of carbonyl (C=O) groups is 1. The van der Waals surface area contributed by atoms with Gasteiger partial charge in [-0.1, -0.05) is 27.2 Å². The summed E-state index contributed by atoms with van der Waals surface area (Å²) in [4.78, 5) is 12.3. The van der Waals surface area contributed by atoms with Gasteiger partial charge >= 0.3 is 0 Å². The first-order valence-electron chi connectivity index (χ1n) is 7.12. The summed E-state index contributed by atoms with van der Waals surface area (Å²) in [5.74, 6) is 0.889. The molecule has 0 spiro atoms. The van der Waals surface area contributed by atoms with E-state index in [-0.39, 0.29) is 11.8 Å². The van der Waals surface area contributed by atoms with Crippen molar-refractivity contribution < 1.29 is 9.32 Å². The first-order chi connectivity index (χ1) is 10.1. The summed E-state index contributed by atoms with van der Waals surface area (Å²) in [6.07, 6.45) is 2.53. The van der Waals surface area contributed by atoms with Gasteiger partial charge in [0.15, 0.2) is 0 Å². The lowest BCUT2D eigenvalue weighted by molar-refractivity contribution is -0.122. The van der Waals surface area contributed by atoms with E-state index in [2.05, 4.69) is 38.5 Å². The van der Waals surface area contributed by atoms with Gasteiger partial charge in [-0.05, 0) is 43.0 Å². The summed E-state index contributed by atoms with van der Waals surface area (Å²) in [6.45, 7) is 2.47. The van der Waals surface area contributed by atoms with E-state index in [9.17, 15) is 4.79 Å². The zero-order chi connectivity index (χ0) is 14.8. The summed E-state index contributed by atoms with van der Waals surface area (Å²) < 4.78 is 6.21. The van der Waals surface area contributed by atoms with Crippen molar-refractivity contribution in [3.8, 4) is 0 Å². The molecule has 1 aromatic carbocycles. The molecule has 1 heterocycles. The molecule has 1 aliphatic carbocycles. The van der Waals surface area contributed by atoms with Gasteiger partial charge in [0.2, 0.25) is 5.91 Å². The fraction of sp³-hybridized carbons (Fsp3) is 0.375. The predicted octanol–water partition coefficient (Wildman–Crippen LogP) is 3.13. The molecule has 1 aliphatic rings. The maximum absolute atomic E-state index is 12.3. The Morgan fingerprint density at radius 1 is 1.48 bits per heavy atom. The number of hydrogen-bond acceptors (Lipinski definition) is 3. The number of benzene rings is 1. The number of fused-ring (bicyclic) bond motifs is 1. The van der Waals surface area contributed by atoms with Crippen LogP contribution in [0.4, 0.5) is 0 Å². The number of aryl methyl sites for hydroxylation is 2. The van der Waals surface area contributed by atoms with Crippen LogP contribution < -0.4 is 5.32 Å². The number of rotatable bonds is 4. The lowest BCUT2D eigenvalue weighted by Crippen LogP contribution is -2.30. The Labute approximate surface area is 132 Å². The number of hydrogen-bond donors (Lipinski definition) is 1. The van der Waals surface area contributed by atoms with Gasteiger partial charge in [-0.25, -0.2) is 0 Å². The van der Waals surface area contributed by atoms with Crippen molar-refractivity contribution in [3.63, 3.8) is 0 Å². The Morgan fingerprint density at radius 3 is 3.10 bits per heavy atom. The summed E-state index contributed by atoms with van der Waals surface area (Å²) >= 11 is 3.47. The maximum atomic E-state index is 12.3. The molecule has 1 amide bonds. The van der Waals surface area contributed by atoms with Crippen LogP contribution in [0, 0.1) is 6.92 Å². The molecule has 110 valence electrons. The van der Waals surface area contributed by atoms with E-state index in [1.165, 1.54) is 5.56 Å². The number of halogens is 1. The molecule has 0 saturated carbocycles. The van der Waals surface area contributed by atoms with Crippen LogP contribution in [0.15, 0.2) is 33.3 Å². The van der Waals surface area contributed by atoms with Crippen LogP contribution >= 0.6 is 15.9 Å². The molecule has 2 aromatic rings. The Kier molecular flexibility index (Phi) is 4.10. The summed E-state index contributed by atoms with van der Waals surface area (Å²) in [6, 6.07) is 8.06. The van der Waals surface area contributed by atoms with E-state index in [4.69, 9.17) is 4.52 Å². The third kappa shape index (κ3) is 3.18. The van der Waals surface area contributed by atoms with Crippen molar-refractivity contribution in [2.75, 3.05) is 6.54 Å². The van der Waals surface area contributed by atoms with Crippen LogP contribution in [-0.4, -0.2) is 17.6 Å². The average Bonchev–Trinajstić information content (AvgIpc) is 3.04. The molecule has 4 nitrogen and oxygen atoms in total. The van der Waals surface area contributed by atoms with E-state index in [1.54, 1.807) is 0 Å². The number of amides is 1. The molecule has 3 rings (SSSR count). The van der Waals surface area contributed by atoms with Crippen molar-refractivity contribution in [2.45, 2.75) is 32.1 Å². The highest BCUT2D eigenvalue weighted by Gasteiger charge is 2.28. The normalized spacial score (nSPS) is 16.8. The smallest absolute Gasteiger partial charge is 0.227 e. The molecule has 0 saturated heterocycles. The Bertz CT molecular complexity index is 666. The summed E-state index contributed by atoms with van der Waals surface area (Å²) in [5.41, 5.74) is 3.30. The van der Waals surface area contributed by atoms with Crippen LogP contribution in [0.5, 0.6) is 0 Å². The SMILES string of the molecule is Cc1cc(CCNC(=O)C2CCc3cc(Br)ccc32)on1. The van der Waals surface area contributed by atoms with Crippen molar-refractivity contribution in [2.24, 2.45) is 0 Å². The first-order valence-corrected chi connectivity index (χ1v) is 7.91. The summed E-state index contributed by atoms with van der Waals surface area (Å²) in [7, 11) is 0. The van der Waals surface area contributed by atoms with Gasteiger partial charge in [0, 0.05) is 23.5 Å². The van der Waals surface area contributed by atoms with Gasteiger partial charge in [0.1, 0.15) is 5.76 Å². The predicted molar refractivity (Wildman–Crippen MR) is 83.2 cm³/mol. The molecule has 0 fully saturated rings. The highest BCUT2D eigenvalue weighted by atomic mass is 79.9. The third-order valence-electron chi connectivity index (χ3n) is 3.85. The van der Waals surface area contributed by atoms with Crippen LogP contribution in [-0.2, 0) is 17.6 Å². The second kappa shape index (κ2) is 6.02. The molecule has 1 N–H and O–H groups in total. The number of aromatic nitrogens is 1. The molecule has 0 aliphatic heterocycles. The fourth-order valence-electron chi connectivity index (χ4n) is 2.82. The number of carbonyl (C=O) groups excluding carboxylic acids is 1. The fourth-order valence-corrected chi connectivity index (χ4v) is 3.23. The zero-order valence-corrected chi connectivity index (χ0v) is 13.4. The van der Waals surface area contributed by atoms with Crippen molar-refractivity contribution >= 4 is 21.8 Å². The van der Waals surface area contributed by atoms with Crippen LogP contribution in [0.2, 0.25) is 0 Å². The van der Waals surface area contributed by atoms with E-state index in [0.29, 0.717) is 13.0 Å². The minimum atomic E-state index is -0.0236. The molecular weight excluding hydrogens is 332 g/mol. The molecule has 21 heavy (non-hydrogen) atoms. The molecular formula is C16H17BrN2O2. The number of nitrogens with zero attached hydrogens (tertiary/aromatic N) is 1.